The second-order valence-electron chi connectivity index (χ2n) is 5.79. The van der Waals surface area contributed by atoms with Crippen molar-refractivity contribution in [1.29, 1.82) is 5.26 Å². The minimum atomic E-state index is -0.899. The molecule has 0 aromatic heterocycles. The van der Waals surface area contributed by atoms with Crippen LogP contribution in [0.1, 0.15) is 47.5 Å². The summed E-state index contributed by atoms with van der Waals surface area (Å²) in [6.07, 6.45) is 3.24. The van der Waals surface area contributed by atoms with Crippen molar-refractivity contribution >= 4 is 29.5 Å². The van der Waals surface area contributed by atoms with E-state index in [1.807, 2.05) is 19.1 Å². The highest BCUT2D eigenvalue weighted by Gasteiger charge is 2.28. The molecular formula is C17H23NO3S2. The van der Waals surface area contributed by atoms with Gasteiger partial charge in [-0.1, -0.05) is 42.1 Å². The second-order valence-corrected chi connectivity index (χ2v) is 8.12. The fourth-order valence-corrected chi connectivity index (χ4v) is 4.41. The number of carbonyl (C=O) groups is 1. The molecule has 1 rings (SSSR count). The fourth-order valence-electron chi connectivity index (χ4n) is 1.70. The lowest BCUT2D eigenvalue weighted by atomic mass is 10.1. The summed E-state index contributed by atoms with van der Waals surface area (Å²) in [5, 5.41) is 19.0. The maximum absolute atomic E-state index is 12.1. The standard InChI is InChI=1S/C17H23NO3S2/c1-6-11(3)14-13(7-2)22-16(23-14)12(10-18)15(19)21-9-8-17(4,5)20/h7,20H,6,8-9H2,1-5H3/b13-7+,14-11+,16-12+. The first-order chi connectivity index (χ1) is 10.7. The average Bonchev–Trinajstić information content (AvgIpc) is 2.89. The number of rotatable bonds is 5. The number of ether oxygens (including phenoxy) is 1. The van der Waals surface area contributed by atoms with Crippen molar-refractivity contribution in [2.75, 3.05) is 6.61 Å². The number of allylic oxidation sites excluding steroid dienone is 2. The van der Waals surface area contributed by atoms with Gasteiger partial charge >= 0.3 is 5.97 Å². The zero-order chi connectivity index (χ0) is 17.6. The van der Waals surface area contributed by atoms with E-state index in [2.05, 4.69) is 13.8 Å². The number of esters is 1. The fraction of sp³-hybridized carbons (Fsp3) is 0.529. The van der Waals surface area contributed by atoms with Crippen LogP contribution in [0.4, 0.5) is 0 Å². The summed E-state index contributed by atoms with van der Waals surface area (Å²) < 4.78 is 5.80. The van der Waals surface area contributed by atoms with Gasteiger partial charge in [0.05, 0.1) is 16.4 Å². The van der Waals surface area contributed by atoms with Crippen molar-refractivity contribution in [3.05, 3.63) is 31.3 Å². The molecule has 1 heterocycles. The maximum Gasteiger partial charge on any atom is 0.350 e. The third-order valence-corrected chi connectivity index (χ3v) is 6.11. The van der Waals surface area contributed by atoms with Gasteiger partial charge in [-0.3, -0.25) is 0 Å². The molecule has 0 aromatic carbocycles. The topological polar surface area (TPSA) is 70.3 Å². The molecule has 0 amide bonds. The van der Waals surface area contributed by atoms with Crippen LogP contribution in [0.2, 0.25) is 0 Å². The number of hydrogen-bond acceptors (Lipinski definition) is 6. The summed E-state index contributed by atoms with van der Waals surface area (Å²) in [5.74, 6) is -0.627. The molecule has 1 aliphatic rings. The first-order valence-electron chi connectivity index (χ1n) is 7.49. The zero-order valence-corrected chi connectivity index (χ0v) is 15.9. The Morgan fingerprint density at radius 1 is 1.43 bits per heavy atom. The Morgan fingerprint density at radius 3 is 2.57 bits per heavy atom. The Morgan fingerprint density at radius 2 is 2.09 bits per heavy atom. The van der Waals surface area contributed by atoms with E-state index in [-0.39, 0.29) is 12.2 Å². The molecule has 126 valence electrons. The molecular weight excluding hydrogens is 330 g/mol. The van der Waals surface area contributed by atoms with Gasteiger partial charge in [0.25, 0.3) is 0 Å². The van der Waals surface area contributed by atoms with Gasteiger partial charge in [0.15, 0.2) is 5.57 Å². The van der Waals surface area contributed by atoms with E-state index >= 15 is 0 Å². The summed E-state index contributed by atoms with van der Waals surface area (Å²) >= 11 is 2.89. The Labute approximate surface area is 146 Å². The number of hydrogen-bond donors (Lipinski definition) is 1. The minimum Gasteiger partial charge on any atom is -0.461 e. The van der Waals surface area contributed by atoms with E-state index in [4.69, 9.17) is 4.74 Å². The molecule has 0 bridgehead atoms. The highest BCUT2D eigenvalue weighted by molar-refractivity contribution is 8.29. The number of thioether (sulfide) groups is 2. The third-order valence-electron chi connectivity index (χ3n) is 3.27. The van der Waals surface area contributed by atoms with Crippen LogP contribution in [-0.2, 0) is 9.53 Å². The Balaban J connectivity index is 2.95. The first-order valence-corrected chi connectivity index (χ1v) is 9.12. The number of aliphatic hydroxyl groups is 1. The van der Waals surface area contributed by atoms with Crippen molar-refractivity contribution in [3.63, 3.8) is 0 Å². The van der Waals surface area contributed by atoms with Crippen molar-refractivity contribution in [1.82, 2.24) is 0 Å². The molecule has 1 saturated heterocycles. The molecule has 0 aromatic rings. The molecule has 0 unspecified atom stereocenters. The van der Waals surface area contributed by atoms with E-state index in [1.165, 1.54) is 29.1 Å². The van der Waals surface area contributed by atoms with Gasteiger partial charge in [-0.15, -0.1) is 0 Å². The third kappa shape index (κ3) is 5.76. The van der Waals surface area contributed by atoms with Gasteiger partial charge in [0, 0.05) is 16.2 Å². The zero-order valence-electron chi connectivity index (χ0n) is 14.2. The van der Waals surface area contributed by atoms with Crippen LogP contribution in [0.3, 0.4) is 0 Å². The minimum absolute atomic E-state index is 0.0361. The predicted octanol–water partition coefficient (Wildman–Crippen LogP) is 4.49. The normalized spacial score (nSPS) is 21.2. The van der Waals surface area contributed by atoms with Crippen LogP contribution in [0.15, 0.2) is 31.3 Å². The van der Waals surface area contributed by atoms with Gasteiger partial charge in [0.1, 0.15) is 6.07 Å². The first kappa shape index (κ1) is 19.9. The molecule has 0 saturated carbocycles. The summed E-state index contributed by atoms with van der Waals surface area (Å²) in [4.78, 5) is 14.3. The van der Waals surface area contributed by atoms with E-state index in [0.29, 0.717) is 10.7 Å². The van der Waals surface area contributed by atoms with E-state index < -0.39 is 11.6 Å². The molecule has 1 N–H and O–H groups in total. The van der Waals surface area contributed by atoms with Gasteiger partial charge in [0.2, 0.25) is 0 Å². The Hall–Kier alpha value is -1.16. The smallest absolute Gasteiger partial charge is 0.350 e. The van der Waals surface area contributed by atoms with Crippen molar-refractivity contribution in [3.8, 4) is 6.07 Å². The lowest BCUT2D eigenvalue weighted by molar-refractivity contribution is -0.139. The van der Waals surface area contributed by atoms with Gasteiger partial charge in [-0.25, -0.2) is 4.79 Å². The lowest BCUT2D eigenvalue weighted by Gasteiger charge is -2.16. The molecule has 1 aliphatic heterocycles. The van der Waals surface area contributed by atoms with Gasteiger partial charge in [-0.2, -0.15) is 5.26 Å². The van der Waals surface area contributed by atoms with Crippen molar-refractivity contribution < 1.29 is 14.6 Å². The van der Waals surface area contributed by atoms with Crippen LogP contribution >= 0.6 is 23.5 Å². The molecule has 0 aliphatic carbocycles. The maximum atomic E-state index is 12.1. The Bertz CT molecular complexity index is 604. The quantitative estimate of drug-likeness (QED) is 0.446. The number of nitriles is 1. The largest absolute Gasteiger partial charge is 0.461 e. The predicted molar refractivity (Wildman–Crippen MR) is 96.4 cm³/mol. The van der Waals surface area contributed by atoms with Gasteiger partial charge in [-0.05, 0) is 34.1 Å². The van der Waals surface area contributed by atoms with Crippen LogP contribution in [0.5, 0.6) is 0 Å². The second kappa shape index (κ2) is 8.62. The summed E-state index contributed by atoms with van der Waals surface area (Å²) in [6.45, 7) is 9.47. The van der Waals surface area contributed by atoms with Crippen molar-refractivity contribution in [2.24, 2.45) is 0 Å². The van der Waals surface area contributed by atoms with E-state index in [1.54, 1.807) is 13.8 Å². The number of carbonyl (C=O) groups excluding carboxylic acids is 1. The highest BCUT2D eigenvalue weighted by Crippen LogP contribution is 2.55. The molecule has 6 heteroatoms. The van der Waals surface area contributed by atoms with Crippen molar-refractivity contribution in [2.45, 2.75) is 53.1 Å². The summed E-state index contributed by atoms with van der Waals surface area (Å²) in [6, 6.07) is 1.96. The van der Waals surface area contributed by atoms with Crippen LogP contribution in [0.25, 0.3) is 0 Å². The molecule has 0 radical (unpaired) electrons. The van der Waals surface area contributed by atoms with E-state index in [9.17, 15) is 15.2 Å². The molecule has 0 atom stereocenters. The summed E-state index contributed by atoms with van der Waals surface area (Å²) in [7, 11) is 0. The SMILES string of the molecule is C/C=C1/S/C(=C(/C#N)C(=O)OCCC(C)(C)O)S/C1=C(\C)CC. The van der Waals surface area contributed by atoms with Crippen LogP contribution < -0.4 is 0 Å². The van der Waals surface area contributed by atoms with Crippen LogP contribution in [0, 0.1) is 11.3 Å². The molecule has 4 nitrogen and oxygen atoms in total. The molecule has 1 fully saturated rings. The van der Waals surface area contributed by atoms with Crippen LogP contribution in [-0.4, -0.2) is 23.3 Å². The number of nitrogens with zero attached hydrogens (tertiary/aromatic N) is 1. The lowest BCUT2D eigenvalue weighted by Crippen LogP contribution is -2.22. The highest BCUT2D eigenvalue weighted by atomic mass is 32.2. The average molecular weight is 354 g/mol. The molecule has 23 heavy (non-hydrogen) atoms. The van der Waals surface area contributed by atoms with E-state index in [0.717, 1.165) is 16.2 Å². The molecule has 0 spiro atoms. The summed E-state index contributed by atoms with van der Waals surface area (Å²) in [5.41, 5.74) is 0.371. The van der Waals surface area contributed by atoms with Gasteiger partial charge < -0.3 is 9.84 Å². The monoisotopic (exact) mass is 353 g/mol. The Kier molecular flexibility index (Phi) is 7.46.